The molecule has 11 heavy (non-hydrogen) atoms. The van der Waals surface area contributed by atoms with E-state index in [1.165, 1.54) is 13.8 Å². The predicted octanol–water partition coefficient (Wildman–Crippen LogP) is -1.71. The monoisotopic (exact) mass is 260 g/mol. The van der Waals surface area contributed by atoms with E-state index in [0.29, 0.717) is 0 Å². The molecular formula is C6H10CdO4. The Morgan fingerprint density at radius 2 is 1.09 bits per heavy atom. The molecular weight excluding hydrogens is 248 g/mol. The first-order valence-electron chi connectivity index (χ1n) is 2.94. The average molecular weight is 259 g/mol. The molecule has 0 spiro atoms. The fourth-order valence-electron chi connectivity index (χ4n) is 0. The van der Waals surface area contributed by atoms with Crippen molar-refractivity contribution in [1.29, 1.82) is 0 Å². The van der Waals surface area contributed by atoms with Gasteiger partial charge in [-0.2, -0.15) is 0 Å². The Morgan fingerprint density at radius 1 is 1.00 bits per heavy atom. The summed E-state index contributed by atoms with van der Waals surface area (Å²) in [5, 5.41) is 18.5. The maximum atomic E-state index is 9.26. The maximum absolute atomic E-state index is 9.26. The van der Waals surface area contributed by atoms with Crippen LogP contribution in [0.25, 0.3) is 0 Å². The van der Waals surface area contributed by atoms with Crippen LogP contribution in [-0.2, 0) is 36.9 Å². The number of carbonyl (C=O) groups is 2. The second-order valence-corrected chi connectivity index (χ2v) is 1.45. The van der Waals surface area contributed by atoms with E-state index in [9.17, 15) is 19.8 Å². The van der Waals surface area contributed by atoms with Gasteiger partial charge in [-0.3, -0.25) is 0 Å². The van der Waals surface area contributed by atoms with Crippen LogP contribution in [0.1, 0.15) is 26.7 Å². The topological polar surface area (TPSA) is 80.3 Å². The molecule has 0 aliphatic heterocycles. The number of hydrogen-bond acceptors (Lipinski definition) is 4. The van der Waals surface area contributed by atoms with Crippen molar-refractivity contribution in [1.82, 2.24) is 0 Å². The number of rotatable bonds is 2. The third-order valence-electron chi connectivity index (χ3n) is 0.577. The molecule has 0 aromatic carbocycles. The number of hydrogen-bond donors (Lipinski definition) is 0. The Balaban J connectivity index is -0.000000107. The average Bonchev–Trinajstić information content (AvgIpc) is 1.89. The summed E-state index contributed by atoms with van der Waals surface area (Å²) in [7, 11) is 0. The van der Waals surface area contributed by atoms with Gasteiger partial charge in [0.1, 0.15) is 0 Å². The van der Waals surface area contributed by atoms with Crippen LogP contribution in [-0.4, -0.2) is 11.9 Å². The zero-order valence-corrected chi connectivity index (χ0v) is 10.8. The third-order valence-corrected chi connectivity index (χ3v) is 0.577. The number of carbonyl (C=O) groups excluding carboxylic acids is 2. The minimum Gasteiger partial charge on any atom is -0.550 e. The van der Waals surface area contributed by atoms with Gasteiger partial charge in [-0.15, -0.1) is 0 Å². The van der Waals surface area contributed by atoms with E-state index in [1.54, 1.807) is 0 Å². The van der Waals surface area contributed by atoms with Gasteiger partial charge >= 0.3 is 27.3 Å². The molecule has 0 unspecified atom stereocenters. The summed E-state index contributed by atoms with van der Waals surface area (Å²) in [5.41, 5.74) is 0. The summed E-state index contributed by atoms with van der Waals surface area (Å²) in [5.74, 6) is -1.99. The minimum absolute atomic E-state index is 0. The molecule has 0 radical (unpaired) electrons. The minimum atomic E-state index is -0.995. The Kier molecular flexibility index (Phi) is 19.5. The van der Waals surface area contributed by atoms with Crippen LogP contribution in [0.3, 0.4) is 0 Å². The van der Waals surface area contributed by atoms with Crippen LogP contribution >= 0.6 is 0 Å². The van der Waals surface area contributed by atoms with Crippen molar-refractivity contribution >= 4 is 11.9 Å². The van der Waals surface area contributed by atoms with Gasteiger partial charge in [0.2, 0.25) is 0 Å². The normalized spacial score (nSPS) is 6.73. The molecule has 0 heterocycles. The molecule has 0 bridgehead atoms. The molecule has 0 aromatic heterocycles. The van der Waals surface area contributed by atoms with Gasteiger partial charge in [-0.1, -0.05) is 13.8 Å². The Bertz CT molecular complexity index is 99.1. The summed E-state index contributed by atoms with van der Waals surface area (Å²) in [4.78, 5) is 18.5. The summed E-state index contributed by atoms with van der Waals surface area (Å²) in [6, 6.07) is 0. The second kappa shape index (κ2) is 12.5. The van der Waals surface area contributed by atoms with Gasteiger partial charge in [0, 0.05) is 11.9 Å². The van der Waals surface area contributed by atoms with Crippen molar-refractivity contribution in [3.63, 3.8) is 0 Å². The van der Waals surface area contributed by atoms with Gasteiger partial charge in [0.15, 0.2) is 0 Å². The zero-order valence-electron chi connectivity index (χ0n) is 6.75. The number of carboxylic acid groups (broad SMARTS) is 2. The SMILES string of the molecule is CCC(=O)[O-].CCC(=O)[O-].[Cd+2]. The molecule has 0 rings (SSSR count). The Morgan fingerprint density at radius 3 is 1.09 bits per heavy atom. The fourth-order valence-corrected chi connectivity index (χ4v) is 0. The number of aliphatic carboxylic acids is 2. The molecule has 0 amide bonds. The van der Waals surface area contributed by atoms with Gasteiger partial charge in [-0.25, -0.2) is 0 Å². The van der Waals surface area contributed by atoms with Crippen LogP contribution in [0, 0.1) is 0 Å². The first kappa shape index (κ1) is 17.1. The van der Waals surface area contributed by atoms with Crippen molar-refractivity contribution in [3.05, 3.63) is 0 Å². The molecule has 0 aromatic rings. The van der Waals surface area contributed by atoms with Crippen LogP contribution in [0.15, 0.2) is 0 Å². The van der Waals surface area contributed by atoms with E-state index in [2.05, 4.69) is 0 Å². The number of carboxylic acids is 2. The van der Waals surface area contributed by atoms with E-state index in [-0.39, 0.29) is 40.1 Å². The fraction of sp³-hybridized carbons (Fsp3) is 0.667. The summed E-state index contributed by atoms with van der Waals surface area (Å²) < 4.78 is 0. The molecule has 4 nitrogen and oxygen atoms in total. The first-order valence-corrected chi connectivity index (χ1v) is 2.94. The third kappa shape index (κ3) is 40.9. The smallest absolute Gasteiger partial charge is 0.550 e. The molecule has 0 aliphatic rings. The van der Waals surface area contributed by atoms with Crippen LogP contribution in [0.2, 0.25) is 0 Å². The largest absolute Gasteiger partial charge is 2.00 e. The van der Waals surface area contributed by atoms with Crippen molar-refractivity contribution in [2.45, 2.75) is 26.7 Å². The van der Waals surface area contributed by atoms with Crippen LogP contribution in [0.4, 0.5) is 0 Å². The zero-order chi connectivity index (χ0) is 8.57. The van der Waals surface area contributed by atoms with Crippen molar-refractivity contribution in [3.8, 4) is 0 Å². The van der Waals surface area contributed by atoms with Crippen LogP contribution in [0.5, 0.6) is 0 Å². The molecule has 0 atom stereocenters. The second-order valence-electron chi connectivity index (χ2n) is 1.45. The maximum Gasteiger partial charge on any atom is 2.00 e. The molecule has 0 aliphatic carbocycles. The quantitative estimate of drug-likeness (QED) is 0.553. The predicted molar refractivity (Wildman–Crippen MR) is 30.6 cm³/mol. The van der Waals surface area contributed by atoms with Crippen molar-refractivity contribution in [2.24, 2.45) is 0 Å². The van der Waals surface area contributed by atoms with Crippen LogP contribution < -0.4 is 10.2 Å². The van der Waals surface area contributed by atoms with Gasteiger partial charge in [-0.05, 0) is 12.8 Å². The molecule has 0 saturated carbocycles. The molecule has 0 fully saturated rings. The van der Waals surface area contributed by atoms with E-state index in [4.69, 9.17) is 0 Å². The molecule has 0 saturated heterocycles. The summed E-state index contributed by atoms with van der Waals surface area (Å²) in [6.07, 6.45) is 0.222. The Labute approximate surface area is 85.8 Å². The molecule has 60 valence electrons. The first-order chi connectivity index (χ1) is 4.54. The summed E-state index contributed by atoms with van der Waals surface area (Å²) >= 11 is 0. The Hall–Kier alpha value is -0.138. The standard InChI is InChI=1S/2C3H6O2.Cd/c2*1-2-3(4)5;/h2*2H2,1H3,(H,4,5);/q;;+2/p-2. The van der Waals surface area contributed by atoms with E-state index < -0.39 is 11.9 Å². The molecule has 0 N–H and O–H groups in total. The van der Waals surface area contributed by atoms with E-state index in [0.717, 1.165) is 0 Å². The van der Waals surface area contributed by atoms with Crippen molar-refractivity contribution in [2.75, 3.05) is 0 Å². The van der Waals surface area contributed by atoms with Crippen molar-refractivity contribution < 1.29 is 47.1 Å². The van der Waals surface area contributed by atoms with E-state index >= 15 is 0 Å². The molecule has 5 heteroatoms. The van der Waals surface area contributed by atoms with Gasteiger partial charge in [0.25, 0.3) is 0 Å². The van der Waals surface area contributed by atoms with E-state index in [1.807, 2.05) is 0 Å². The van der Waals surface area contributed by atoms with Gasteiger partial charge in [0.05, 0.1) is 0 Å². The van der Waals surface area contributed by atoms with Gasteiger partial charge < -0.3 is 19.8 Å². The summed E-state index contributed by atoms with van der Waals surface area (Å²) in [6.45, 7) is 3.07.